The molecule has 6 nitrogen and oxygen atoms in total. The van der Waals surface area contributed by atoms with E-state index in [1.54, 1.807) is 29.3 Å². The van der Waals surface area contributed by atoms with Gasteiger partial charge in [-0.1, -0.05) is 24.3 Å². The fourth-order valence-corrected chi connectivity index (χ4v) is 2.88. The minimum atomic E-state index is -0.384. The summed E-state index contributed by atoms with van der Waals surface area (Å²) in [4.78, 5) is 24.9. The van der Waals surface area contributed by atoms with Crippen LogP contribution in [0, 0.1) is 5.92 Å². The van der Waals surface area contributed by atoms with E-state index in [0.717, 1.165) is 5.69 Å². The van der Waals surface area contributed by atoms with Crippen molar-refractivity contribution in [1.29, 1.82) is 0 Å². The van der Waals surface area contributed by atoms with Gasteiger partial charge in [-0.3, -0.25) is 19.6 Å². The summed E-state index contributed by atoms with van der Waals surface area (Å²) in [6.07, 6.45) is 0.201. The molecule has 25 heavy (non-hydrogen) atoms. The number of nitrogens with one attached hydrogen (secondary N) is 1. The summed E-state index contributed by atoms with van der Waals surface area (Å²) < 4.78 is 5.16. The Morgan fingerprint density at radius 3 is 2.68 bits per heavy atom. The van der Waals surface area contributed by atoms with E-state index >= 15 is 0 Å². The van der Waals surface area contributed by atoms with Gasteiger partial charge >= 0.3 is 0 Å². The van der Waals surface area contributed by atoms with Crippen molar-refractivity contribution >= 4 is 23.2 Å². The summed E-state index contributed by atoms with van der Waals surface area (Å²) in [5.74, 6) is 0.0679. The molecule has 1 aliphatic heterocycles. The molecular weight excluding hydrogens is 318 g/mol. The lowest BCUT2D eigenvalue weighted by atomic mass is 10.1. The van der Waals surface area contributed by atoms with Crippen molar-refractivity contribution < 1.29 is 14.3 Å². The average molecular weight is 339 g/mol. The SMILES string of the molecule is COc1cccc(NC(=O)C2CC(=O)N(N(C)c3ccccc3)C2)c1. The van der Waals surface area contributed by atoms with E-state index < -0.39 is 0 Å². The Morgan fingerprint density at radius 1 is 1.20 bits per heavy atom. The van der Waals surface area contributed by atoms with E-state index in [1.165, 1.54) is 0 Å². The van der Waals surface area contributed by atoms with Gasteiger partial charge in [0, 0.05) is 25.2 Å². The Bertz CT molecular complexity index is 764. The number of benzene rings is 2. The highest BCUT2D eigenvalue weighted by molar-refractivity contribution is 5.97. The van der Waals surface area contributed by atoms with Crippen molar-refractivity contribution in [2.24, 2.45) is 5.92 Å². The lowest BCUT2D eigenvalue weighted by Crippen LogP contribution is -2.41. The molecule has 130 valence electrons. The van der Waals surface area contributed by atoms with Gasteiger partial charge in [0.15, 0.2) is 0 Å². The molecule has 1 N–H and O–H groups in total. The molecule has 2 aromatic rings. The third-order valence-corrected chi connectivity index (χ3v) is 4.30. The Hall–Kier alpha value is -3.02. The topological polar surface area (TPSA) is 61.9 Å². The quantitative estimate of drug-likeness (QED) is 0.909. The number of hydrogen-bond acceptors (Lipinski definition) is 4. The minimum Gasteiger partial charge on any atom is -0.497 e. The summed E-state index contributed by atoms with van der Waals surface area (Å²) in [6.45, 7) is 0.361. The van der Waals surface area contributed by atoms with Crippen LogP contribution in [0.15, 0.2) is 54.6 Å². The van der Waals surface area contributed by atoms with E-state index in [0.29, 0.717) is 18.0 Å². The van der Waals surface area contributed by atoms with Crippen LogP contribution in [0.4, 0.5) is 11.4 Å². The van der Waals surface area contributed by atoms with Crippen molar-refractivity contribution in [2.75, 3.05) is 31.0 Å². The number of hydrogen-bond donors (Lipinski definition) is 1. The second-order valence-electron chi connectivity index (χ2n) is 5.96. The van der Waals surface area contributed by atoms with Crippen LogP contribution in [0.5, 0.6) is 5.75 Å². The summed E-state index contributed by atoms with van der Waals surface area (Å²) in [6, 6.07) is 16.8. The van der Waals surface area contributed by atoms with Gasteiger partial charge in [0.05, 0.1) is 25.3 Å². The molecule has 0 radical (unpaired) electrons. The molecule has 2 aromatic carbocycles. The Morgan fingerprint density at radius 2 is 1.96 bits per heavy atom. The van der Waals surface area contributed by atoms with Crippen molar-refractivity contribution in [1.82, 2.24) is 5.01 Å². The summed E-state index contributed by atoms with van der Waals surface area (Å²) in [5, 5.41) is 6.27. The van der Waals surface area contributed by atoms with E-state index in [1.807, 2.05) is 49.5 Å². The van der Waals surface area contributed by atoms with Crippen LogP contribution >= 0.6 is 0 Å². The van der Waals surface area contributed by atoms with Crippen LogP contribution in [-0.4, -0.2) is 37.5 Å². The number of methoxy groups -OCH3 is 1. The van der Waals surface area contributed by atoms with Crippen molar-refractivity contribution in [3.05, 3.63) is 54.6 Å². The van der Waals surface area contributed by atoms with Crippen molar-refractivity contribution in [2.45, 2.75) is 6.42 Å². The summed E-state index contributed by atoms with van der Waals surface area (Å²) in [5.41, 5.74) is 1.57. The number of ether oxygens (including phenoxy) is 1. The van der Waals surface area contributed by atoms with Crippen LogP contribution in [0.3, 0.4) is 0 Å². The van der Waals surface area contributed by atoms with Crippen molar-refractivity contribution in [3.8, 4) is 5.75 Å². The molecular formula is C19H21N3O3. The molecule has 3 rings (SSSR count). The zero-order valence-electron chi connectivity index (χ0n) is 14.3. The molecule has 1 unspecified atom stereocenters. The Balaban J connectivity index is 1.66. The lowest BCUT2D eigenvalue weighted by Gasteiger charge is -2.30. The number of carbonyl (C=O) groups excluding carboxylic acids is 2. The first-order valence-electron chi connectivity index (χ1n) is 8.12. The number of amides is 2. The largest absolute Gasteiger partial charge is 0.497 e. The summed E-state index contributed by atoms with van der Waals surface area (Å²) in [7, 11) is 3.41. The minimum absolute atomic E-state index is 0.0582. The molecule has 6 heteroatoms. The van der Waals surface area contributed by atoms with Crippen LogP contribution in [0.1, 0.15) is 6.42 Å². The number of anilines is 2. The molecule has 1 heterocycles. The maximum Gasteiger partial charge on any atom is 0.241 e. The first-order valence-corrected chi connectivity index (χ1v) is 8.12. The fraction of sp³-hybridized carbons (Fsp3) is 0.263. The van der Waals surface area contributed by atoms with Gasteiger partial charge in [-0.2, -0.15) is 0 Å². The number of hydrazine groups is 1. The van der Waals surface area contributed by atoms with Crippen LogP contribution in [-0.2, 0) is 9.59 Å². The zero-order chi connectivity index (χ0) is 17.8. The third-order valence-electron chi connectivity index (χ3n) is 4.30. The molecule has 1 fully saturated rings. The predicted molar refractivity (Wildman–Crippen MR) is 96.3 cm³/mol. The fourth-order valence-electron chi connectivity index (χ4n) is 2.88. The molecule has 1 saturated heterocycles. The first-order chi connectivity index (χ1) is 12.1. The molecule has 1 aliphatic rings. The van der Waals surface area contributed by atoms with Crippen LogP contribution in [0.25, 0.3) is 0 Å². The molecule has 2 amide bonds. The maximum absolute atomic E-state index is 12.5. The second kappa shape index (κ2) is 7.25. The van der Waals surface area contributed by atoms with Crippen LogP contribution < -0.4 is 15.1 Å². The van der Waals surface area contributed by atoms with E-state index in [4.69, 9.17) is 4.74 Å². The molecule has 0 aliphatic carbocycles. The predicted octanol–water partition coefficient (Wildman–Crippen LogP) is 2.53. The number of rotatable bonds is 5. The van der Waals surface area contributed by atoms with Gasteiger partial charge in [-0.05, 0) is 24.3 Å². The lowest BCUT2D eigenvalue weighted by molar-refractivity contribution is -0.128. The van der Waals surface area contributed by atoms with E-state index in [2.05, 4.69) is 5.32 Å². The highest BCUT2D eigenvalue weighted by Crippen LogP contribution is 2.25. The van der Waals surface area contributed by atoms with Gasteiger partial charge in [-0.15, -0.1) is 0 Å². The first kappa shape index (κ1) is 16.8. The molecule has 0 saturated carbocycles. The number of para-hydroxylation sites is 1. The van der Waals surface area contributed by atoms with Crippen molar-refractivity contribution in [3.63, 3.8) is 0 Å². The monoisotopic (exact) mass is 339 g/mol. The third kappa shape index (κ3) is 3.74. The Labute approximate surface area is 147 Å². The maximum atomic E-state index is 12.5. The van der Waals surface area contributed by atoms with E-state index in [9.17, 15) is 9.59 Å². The standard InChI is InChI=1S/C19H21N3O3/c1-21(16-8-4-3-5-9-16)22-13-14(11-18(22)23)19(24)20-15-7-6-10-17(12-15)25-2/h3-10,12,14H,11,13H2,1-2H3,(H,20,24). The number of nitrogens with zero attached hydrogens (tertiary/aromatic N) is 2. The second-order valence-corrected chi connectivity index (χ2v) is 5.96. The molecule has 0 spiro atoms. The van der Waals surface area contributed by atoms with E-state index in [-0.39, 0.29) is 24.2 Å². The molecule has 0 bridgehead atoms. The highest BCUT2D eigenvalue weighted by atomic mass is 16.5. The van der Waals surface area contributed by atoms with Gasteiger partial charge < -0.3 is 10.1 Å². The zero-order valence-corrected chi connectivity index (χ0v) is 14.3. The normalized spacial score (nSPS) is 16.6. The molecule has 1 atom stereocenters. The van der Waals surface area contributed by atoms with Gasteiger partial charge in [0.2, 0.25) is 11.8 Å². The summed E-state index contributed by atoms with van der Waals surface area (Å²) >= 11 is 0. The highest BCUT2D eigenvalue weighted by Gasteiger charge is 2.36. The average Bonchev–Trinajstić information content (AvgIpc) is 3.04. The van der Waals surface area contributed by atoms with Gasteiger partial charge in [0.25, 0.3) is 0 Å². The van der Waals surface area contributed by atoms with Gasteiger partial charge in [-0.25, -0.2) is 0 Å². The number of carbonyl (C=O) groups is 2. The Kier molecular flexibility index (Phi) is 4.88. The smallest absolute Gasteiger partial charge is 0.241 e. The van der Waals surface area contributed by atoms with Crippen LogP contribution in [0.2, 0.25) is 0 Å². The molecule has 0 aromatic heterocycles. The van der Waals surface area contributed by atoms with Gasteiger partial charge in [0.1, 0.15) is 5.75 Å².